The number of hydrogen-bond donors (Lipinski definition) is 2. The van der Waals surface area contributed by atoms with Gasteiger partial charge in [-0.1, -0.05) is 18.7 Å². The molecule has 0 radical (unpaired) electrons. The zero-order chi connectivity index (χ0) is 20.0. The van der Waals surface area contributed by atoms with Gasteiger partial charge in [-0.05, 0) is 18.9 Å². The summed E-state index contributed by atoms with van der Waals surface area (Å²) in [7, 11) is 0. The predicted octanol–water partition coefficient (Wildman–Crippen LogP) is 2.78. The minimum atomic E-state index is -1.31. The van der Waals surface area contributed by atoms with Crippen LogP contribution in [0.3, 0.4) is 0 Å². The van der Waals surface area contributed by atoms with E-state index in [1.807, 2.05) is 9.47 Å². The second-order valence-electron chi connectivity index (χ2n) is 7.28. The van der Waals surface area contributed by atoms with Crippen LogP contribution in [0, 0.1) is 5.82 Å². The lowest BCUT2D eigenvalue weighted by molar-refractivity contribution is 0.0695. The molecule has 1 saturated carbocycles. The summed E-state index contributed by atoms with van der Waals surface area (Å²) in [4.78, 5) is 26.3. The number of carboxylic acid groups (broad SMARTS) is 1. The first-order valence-corrected chi connectivity index (χ1v) is 9.34. The molecule has 146 valence electrons. The Morgan fingerprint density at radius 3 is 2.71 bits per heavy atom. The first kappa shape index (κ1) is 18.4. The van der Waals surface area contributed by atoms with E-state index in [1.165, 1.54) is 12.3 Å². The van der Waals surface area contributed by atoms with Gasteiger partial charge in [0, 0.05) is 43.5 Å². The molecule has 6 nitrogen and oxygen atoms in total. The number of anilines is 1. The van der Waals surface area contributed by atoms with Crippen molar-refractivity contribution in [1.29, 1.82) is 0 Å². The number of nitrogens with one attached hydrogen (secondary N) is 1. The third-order valence-corrected chi connectivity index (χ3v) is 5.48. The van der Waals surface area contributed by atoms with Gasteiger partial charge in [0.25, 0.3) is 0 Å². The van der Waals surface area contributed by atoms with Crippen molar-refractivity contribution >= 4 is 28.6 Å². The number of rotatable bonds is 5. The average Bonchev–Trinajstić information content (AvgIpc) is 3.53. The molecule has 1 aliphatic heterocycles. The van der Waals surface area contributed by atoms with Gasteiger partial charge in [-0.15, -0.1) is 6.58 Å². The molecule has 0 spiro atoms. The fourth-order valence-corrected chi connectivity index (χ4v) is 3.88. The summed E-state index contributed by atoms with van der Waals surface area (Å²) in [5.41, 5.74) is -0.0126. The first-order valence-electron chi connectivity index (χ1n) is 9.34. The standard InChI is InChI=1S/C21H22FN3O3/c1-3-12-10-24(8-7-23-12)17-9-16-18(14(4-2)19(17)22)20(26)15(21(27)28)11-25(16)13-5-6-13/h3-4,9,11-13,23H,1-2,5-8,10H2,(H,27,28). The van der Waals surface area contributed by atoms with Gasteiger partial charge in [0.15, 0.2) is 5.82 Å². The minimum Gasteiger partial charge on any atom is -0.477 e. The topological polar surface area (TPSA) is 74.6 Å². The summed E-state index contributed by atoms with van der Waals surface area (Å²) in [5.74, 6) is -1.86. The SMILES string of the molecule is C=Cc1c(F)c(N2CCNC(C=C)C2)cc2c1c(=O)c(C(=O)O)cn2C1CC1. The van der Waals surface area contributed by atoms with E-state index in [-0.39, 0.29) is 28.6 Å². The van der Waals surface area contributed by atoms with Crippen molar-refractivity contribution in [3.05, 3.63) is 58.7 Å². The molecular weight excluding hydrogens is 361 g/mol. The van der Waals surface area contributed by atoms with Crippen LogP contribution in [0.25, 0.3) is 17.0 Å². The van der Waals surface area contributed by atoms with Crippen LogP contribution in [0.2, 0.25) is 0 Å². The Hall–Kier alpha value is -2.93. The van der Waals surface area contributed by atoms with E-state index in [0.717, 1.165) is 12.8 Å². The highest BCUT2D eigenvalue weighted by molar-refractivity contribution is 5.97. The molecule has 7 heteroatoms. The van der Waals surface area contributed by atoms with Gasteiger partial charge in [0.05, 0.1) is 16.6 Å². The van der Waals surface area contributed by atoms with E-state index in [2.05, 4.69) is 18.5 Å². The van der Waals surface area contributed by atoms with Gasteiger partial charge in [-0.3, -0.25) is 4.79 Å². The molecular formula is C21H22FN3O3. The van der Waals surface area contributed by atoms with Crippen LogP contribution in [0.15, 0.2) is 36.3 Å². The number of halogens is 1. The molecule has 2 N–H and O–H groups in total. The van der Waals surface area contributed by atoms with Gasteiger partial charge < -0.3 is 19.9 Å². The highest BCUT2D eigenvalue weighted by Crippen LogP contribution is 2.39. The molecule has 0 bridgehead atoms. The van der Waals surface area contributed by atoms with E-state index in [1.54, 1.807) is 12.1 Å². The molecule has 1 aromatic carbocycles. The first-order chi connectivity index (χ1) is 13.5. The Kier molecular flexibility index (Phi) is 4.55. The van der Waals surface area contributed by atoms with Crippen LogP contribution in [-0.2, 0) is 0 Å². The summed E-state index contributed by atoms with van der Waals surface area (Å²) in [6, 6.07) is 1.84. The summed E-state index contributed by atoms with van der Waals surface area (Å²) in [5, 5.41) is 12.8. The van der Waals surface area contributed by atoms with E-state index in [9.17, 15) is 14.7 Å². The number of fused-ring (bicyclic) bond motifs is 1. The number of carboxylic acids is 1. The van der Waals surface area contributed by atoms with E-state index in [0.29, 0.717) is 30.8 Å². The van der Waals surface area contributed by atoms with Crippen molar-refractivity contribution in [3.8, 4) is 0 Å². The van der Waals surface area contributed by atoms with Crippen molar-refractivity contribution in [1.82, 2.24) is 9.88 Å². The monoisotopic (exact) mass is 383 g/mol. The number of nitrogens with zero attached hydrogens (tertiary/aromatic N) is 2. The molecule has 1 aliphatic carbocycles. The van der Waals surface area contributed by atoms with Crippen molar-refractivity contribution in [2.24, 2.45) is 0 Å². The van der Waals surface area contributed by atoms with E-state index < -0.39 is 17.2 Å². The lowest BCUT2D eigenvalue weighted by Gasteiger charge is -2.34. The van der Waals surface area contributed by atoms with Gasteiger partial charge in [-0.25, -0.2) is 9.18 Å². The Balaban J connectivity index is 2.01. The molecule has 0 amide bonds. The van der Waals surface area contributed by atoms with Crippen LogP contribution in [-0.4, -0.2) is 41.3 Å². The summed E-state index contributed by atoms with van der Waals surface area (Å²) in [6.45, 7) is 9.34. The molecule has 2 aromatic rings. The van der Waals surface area contributed by atoms with E-state index in [4.69, 9.17) is 0 Å². The maximum absolute atomic E-state index is 15.4. The second-order valence-corrected chi connectivity index (χ2v) is 7.28. The molecule has 1 atom stereocenters. The number of hydrogen-bond acceptors (Lipinski definition) is 4. The lowest BCUT2D eigenvalue weighted by Crippen LogP contribution is -2.50. The third-order valence-electron chi connectivity index (χ3n) is 5.48. The quantitative estimate of drug-likeness (QED) is 0.777. The Labute approximate surface area is 161 Å². The number of benzene rings is 1. The molecule has 2 aliphatic rings. The molecule has 2 fully saturated rings. The smallest absolute Gasteiger partial charge is 0.341 e. The predicted molar refractivity (Wildman–Crippen MR) is 108 cm³/mol. The fourth-order valence-electron chi connectivity index (χ4n) is 3.88. The second kappa shape index (κ2) is 6.91. The Morgan fingerprint density at radius 1 is 1.36 bits per heavy atom. The average molecular weight is 383 g/mol. The van der Waals surface area contributed by atoms with Crippen LogP contribution in [0.1, 0.15) is 34.8 Å². The van der Waals surface area contributed by atoms with Gasteiger partial charge >= 0.3 is 5.97 Å². The van der Waals surface area contributed by atoms with Gasteiger partial charge in [-0.2, -0.15) is 0 Å². The van der Waals surface area contributed by atoms with Crippen LogP contribution in [0.4, 0.5) is 10.1 Å². The molecule has 1 aromatic heterocycles. The molecule has 1 unspecified atom stereocenters. The molecule has 2 heterocycles. The van der Waals surface area contributed by atoms with E-state index >= 15 is 4.39 Å². The van der Waals surface area contributed by atoms with Gasteiger partial charge in [0.2, 0.25) is 5.43 Å². The Morgan fingerprint density at radius 2 is 2.11 bits per heavy atom. The van der Waals surface area contributed by atoms with Crippen molar-refractivity contribution in [2.75, 3.05) is 24.5 Å². The van der Waals surface area contributed by atoms with Crippen LogP contribution < -0.4 is 15.6 Å². The number of pyridine rings is 1. The van der Waals surface area contributed by atoms with Crippen LogP contribution >= 0.6 is 0 Å². The third kappa shape index (κ3) is 2.92. The molecule has 1 saturated heterocycles. The molecule has 28 heavy (non-hydrogen) atoms. The maximum Gasteiger partial charge on any atom is 0.341 e. The highest BCUT2D eigenvalue weighted by Gasteiger charge is 2.30. The normalized spacial score (nSPS) is 19.6. The Bertz CT molecular complexity index is 1060. The van der Waals surface area contributed by atoms with Gasteiger partial charge in [0.1, 0.15) is 5.56 Å². The number of carbonyl (C=O) groups is 1. The van der Waals surface area contributed by atoms with Crippen molar-refractivity contribution in [2.45, 2.75) is 24.9 Å². The summed E-state index contributed by atoms with van der Waals surface area (Å²) >= 11 is 0. The number of aromatic carboxylic acids is 1. The molecule has 4 rings (SSSR count). The lowest BCUT2D eigenvalue weighted by atomic mass is 10.0. The minimum absolute atomic E-state index is 0.0380. The van der Waals surface area contributed by atoms with Crippen molar-refractivity contribution in [3.63, 3.8) is 0 Å². The van der Waals surface area contributed by atoms with Crippen LogP contribution in [0.5, 0.6) is 0 Å². The van der Waals surface area contributed by atoms with Crippen molar-refractivity contribution < 1.29 is 14.3 Å². The maximum atomic E-state index is 15.4. The number of piperazine rings is 1. The highest BCUT2D eigenvalue weighted by atomic mass is 19.1. The zero-order valence-corrected chi connectivity index (χ0v) is 15.4. The zero-order valence-electron chi connectivity index (χ0n) is 15.4. The number of aromatic nitrogens is 1. The fraction of sp³-hybridized carbons (Fsp3) is 0.333. The summed E-state index contributed by atoms with van der Waals surface area (Å²) in [6.07, 6.45) is 6.29. The largest absolute Gasteiger partial charge is 0.477 e. The summed E-state index contributed by atoms with van der Waals surface area (Å²) < 4.78 is 17.2.